The number of nitrogens with one attached hydrogen (secondary N) is 3. The summed E-state index contributed by atoms with van der Waals surface area (Å²) in [5.74, 6) is 0.126. The number of hydrogen-bond acceptors (Lipinski definition) is 4. The summed E-state index contributed by atoms with van der Waals surface area (Å²) >= 11 is 0. The molecule has 0 saturated carbocycles. The van der Waals surface area contributed by atoms with E-state index in [0.29, 0.717) is 22.6 Å². The van der Waals surface area contributed by atoms with E-state index in [1.54, 1.807) is 48.5 Å². The number of aromatic nitrogens is 2. The molecule has 0 aliphatic heterocycles. The van der Waals surface area contributed by atoms with Crippen LogP contribution < -0.4 is 10.5 Å². The SMILES string of the molecule is O=C(N/C(=C\c1ccccc1[NH+]([O-])O)c1nc2ccccc2[nH]1)c1ccccc1. The van der Waals surface area contributed by atoms with E-state index < -0.39 is 5.23 Å². The molecule has 0 radical (unpaired) electrons. The van der Waals surface area contributed by atoms with Crippen LogP contribution in [0.1, 0.15) is 21.7 Å². The third-order valence-corrected chi connectivity index (χ3v) is 4.42. The Bertz CT molecular complexity index is 1150. The standard InChI is InChI=1S/C22H18N4O3/c27-22(15-8-2-1-3-9-15)25-19(14-16-10-4-7-13-20(16)26(28)29)21-23-17-11-5-6-12-18(17)24-21/h1-14,26,28H,(H,23,24)(H,25,27)/b19-14-. The molecule has 4 rings (SSSR count). The second-order valence-electron chi connectivity index (χ2n) is 6.37. The highest BCUT2D eigenvalue weighted by Gasteiger charge is 2.15. The van der Waals surface area contributed by atoms with Gasteiger partial charge in [-0.25, -0.2) is 10.2 Å². The van der Waals surface area contributed by atoms with Crippen LogP contribution in [0.15, 0.2) is 78.9 Å². The molecule has 7 heteroatoms. The molecule has 0 aliphatic carbocycles. The van der Waals surface area contributed by atoms with Crippen LogP contribution >= 0.6 is 0 Å². The van der Waals surface area contributed by atoms with Crippen LogP contribution in [-0.4, -0.2) is 21.1 Å². The van der Waals surface area contributed by atoms with Crippen LogP contribution in [0, 0.1) is 5.21 Å². The Hall–Kier alpha value is -3.78. The van der Waals surface area contributed by atoms with Crippen LogP contribution in [0.2, 0.25) is 0 Å². The van der Waals surface area contributed by atoms with Crippen molar-refractivity contribution in [1.82, 2.24) is 15.3 Å². The van der Waals surface area contributed by atoms with E-state index in [0.717, 1.165) is 11.0 Å². The van der Waals surface area contributed by atoms with E-state index in [1.807, 2.05) is 30.3 Å². The quantitative estimate of drug-likeness (QED) is 0.396. The Morgan fingerprint density at radius 1 is 1.00 bits per heavy atom. The van der Waals surface area contributed by atoms with Crippen molar-refractivity contribution in [3.8, 4) is 0 Å². The molecule has 0 fully saturated rings. The van der Waals surface area contributed by atoms with Gasteiger partial charge in [-0.1, -0.05) is 42.5 Å². The minimum atomic E-state index is -1.05. The van der Waals surface area contributed by atoms with Crippen LogP contribution in [-0.2, 0) is 0 Å². The number of aromatic amines is 1. The molecule has 1 amide bonds. The first-order valence-corrected chi connectivity index (χ1v) is 8.97. The van der Waals surface area contributed by atoms with Crippen LogP contribution in [0.5, 0.6) is 0 Å². The molecule has 1 aromatic heterocycles. The molecule has 0 bridgehead atoms. The second-order valence-corrected chi connectivity index (χ2v) is 6.37. The number of para-hydroxylation sites is 3. The van der Waals surface area contributed by atoms with Gasteiger partial charge in [-0.05, 0) is 36.4 Å². The molecular formula is C22H18N4O3. The minimum absolute atomic E-state index is 0.134. The van der Waals surface area contributed by atoms with E-state index in [9.17, 15) is 15.2 Å². The van der Waals surface area contributed by atoms with Crippen LogP contribution in [0.3, 0.4) is 0 Å². The molecular weight excluding hydrogens is 368 g/mol. The average Bonchev–Trinajstić information content (AvgIpc) is 3.18. The highest BCUT2D eigenvalue weighted by molar-refractivity contribution is 6.02. The van der Waals surface area contributed by atoms with Gasteiger partial charge in [0.2, 0.25) is 0 Å². The number of H-pyrrole nitrogens is 1. The molecule has 0 spiro atoms. The van der Waals surface area contributed by atoms with Crippen molar-refractivity contribution in [3.63, 3.8) is 0 Å². The fourth-order valence-corrected chi connectivity index (χ4v) is 3.00. The van der Waals surface area contributed by atoms with Gasteiger partial charge in [-0.2, -0.15) is 5.23 Å². The summed E-state index contributed by atoms with van der Waals surface area (Å²) < 4.78 is 0. The number of quaternary nitrogens is 1. The molecule has 4 aromatic rings. The van der Waals surface area contributed by atoms with Gasteiger partial charge in [0.15, 0.2) is 11.5 Å². The largest absolute Gasteiger partial charge is 0.595 e. The summed E-state index contributed by atoms with van der Waals surface area (Å²) in [5.41, 5.74) is 3.02. The molecule has 144 valence electrons. The summed E-state index contributed by atoms with van der Waals surface area (Å²) in [4.78, 5) is 20.5. The molecule has 7 nitrogen and oxygen atoms in total. The van der Waals surface area contributed by atoms with Crippen molar-refractivity contribution in [2.45, 2.75) is 0 Å². The maximum Gasteiger partial charge on any atom is 0.255 e. The first kappa shape index (κ1) is 18.6. The summed E-state index contributed by atoms with van der Waals surface area (Å²) in [7, 11) is 0. The maximum absolute atomic E-state index is 12.7. The van der Waals surface area contributed by atoms with Crippen molar-refractivity contribution in [2.24, 2.45) is 0 Å². The molecule has 4 N–H and O–H groups in total. The number of carbonyl (C=O) groups is 1. The van der Waals surface area contributed by atoms with Crippen molar-refractivity contribution >= 4 is 34.4 Å². The van der Waals surface area contributed by atoms with E-state index >= 15 is 0 Å². The molecule has 1 unspecified atom stereocenters. The highest BCUT2D eigenvalue weighted by Crippen LogP contribution is 2.21. The molecule has 0 aliphatic rings. The van der Waals surface area contributed by atoms with Crippen molar-refractivity contribution < 1.29 is 15.2 Å². The third kappa shape index (κ3) is 4.07. The van der Waals surface area contributed by atoms with E-state index in [2.05, 4.69) is 15.3 Å². The zero-order valence-electron chi connectivity index (χ0n) is 15.3. The topological polar surface area (TPSA) is 106 Å². The van der Waals surface area contributed by atoms with Gasteiger partial charge in [0.1, 0.15) is 0 Å². The smallest absolute Gasteiger partial charge is 0.255 e. The van der Waals surface area contributed by atoms with Crippen molar-refractivity contribution in [2.75, 3.05) is 0 Å². The van der Waals surface area contributed by atoms with Crippen LogP contribution in [0.25, 0.3) is 22.8 Å². The summed E-state index contributed by atoms with van der Waals surface area (Å²) in [6.45, 7) is 0. The van der Waals surface area contributed by atoms with Gasteiger partial charge in [-0.15, -0.1) is 0 Å². The van der Waals surface area contributed by atoms with Gasteiger partial charge in [-0.3, -0.25) is 4.79 Å². The molecule has 1 atom stereocenters. The second kappa shape index (κ2) is 8.07. The number of nitrogens with zero attached hydrogens (tertiary/aromatic N) is 1. The van der Waals surface area contributed by atoms with Crippen molar-refractivity contribution in [1.29, 1.82) is 0 Å². The van der Waals surface area contributed by atoms with Gasteiger partial charge in [0.05, 0.1) is 16.7 Å². The number of fused-ring (bicyclic) bond motifs is 1. The Morgan fingerprint density at radius 2 is 1.69 bits per heavy atom. The maximum atomic E-state index is 12.7. The number of imidazole rings is 1. The summed E-state index contributed by atoms with van der Waals surface area (Å²) in [6, 6.07) is 22.9. The normalized spacial score (nSPS) is 12.7. The van der Waals surface area contributed by atoms with E-state index in [4.69, 9.17) is 0 Å². The van der Waals surface area contributed by atoms with Gasteiger partial charge < -0.3 is 15.5 Å². The lowest BCUT2D eigenvalue weighted by Gasteiger charge is -2.15. The number of carbonyl (C=O) groups excluding carboxylic acids is 1. The number of rotatable bonds is 5. The molecule has 1 heterocycles. The fraction of sp³-hybridized carbons (Fsp3) is 0. The molecule has 0 saturated heterocycles. The predicted octanol–water partition coefficient (Wildman–Crippen LogP) is 2.89. The van der Waals surface area contributed by atoms with Gasteiger partial charge in [0.25, 0.3) is 5.91 Å². The monoisotopic (exact) mass is 386 g/mol. The predicted molar refractivity (Wildman–Crippen MR) is 110 cm³/mol. The first-order chi connectivity index (χ1) is 14.1. The Balaban J connectivity index is 1.80. The zero-order chi connectivity index (χ0) is 20.2. The highest BCUT2D eigenvalue weighted by atomic mass is 16.8. The lowest BCUT2D eigenvalue weighted by atomic mass is 10.1. The summed E-state index contributed by atoms with van der Waals surface area (Å²) in [6.07, 6.45) is 1.61. The average molecular weight is 386 g/mol. The zero-order valence-corrected chi connectivity index (χ0v) is 15.3. The van der Waals surface area contributed by atoms with E-state index in [-0.39, 0.29) is 11.6 Å². The Labute approximate surface area is 166 Å². The van der Waals surface area contributed by atoms with Crippen LogP contribution in [0.4, 0.5) is 5.69 Å². The van der Waals surface area contributed by atoms with Crippen molar-refractivity contribution in [3.05, 3.63) is 101 Å². The lowest BCUT2D eigenvalue weighted by Crippen LogP contribution is -2.99. The Morgan fingerprint density at radius 3 is 2.45 bits per heavy atom. The first-order valence-electron chi connectivity index (χ1n) is 8.97. The number of benzene rings is 3. The summed E-state index contributed by atoms with van der Waals surface area (Å²) in [5, 5.41) is 22.9. The minimum Gasteiger partial charge on any atom is -0.595 e. The number of hydrogen-bond donors (Lipinski definition) is 4. The van der Waals surface area contributed by atoms with E-state index in [1.165, 1.54) is 6.07 Å². The van der Waals surface area contributed by atoms with Gasteiger partial charge >= 0.3 is 0 Å². The fourth-order valence-electron chi connectivity index (χ4n) is 3.00. The lowest BCUT2D eigenvalue weighted by molar-refractivity contribution is -0.991. The number of amides is 1. The van der Waals surface area contributed by atoms with Gasteiger partial charge in [0, 0.05) is 17.2 Å². The molecule has 29 heavy (non-hydrogen) atoms. The third-order valence-electron chi connectivity index (χ3n) is 4.42. The Kier molecular flexibility index (Phi) is 5.17. The molecule has 3 aromatic carbocycles.